The van der Waals surface area contributed by atoms with Crippen molar-refractivity contribution >= 4 is 35.2 Å². The molecule has 0 atom stereocenters. The van der Waals surface area contributed by atoms with Crippen LogP contribution in [-0.2, 0) is 11.0 Å². The molecule has 0 unspecified atom stereocenters. The highest BCUT2D eigenvalue weighted by Crippen LogP contribution is 2.36. The molecule has 37 heavy (non-hydrogen) atoms. The van der Waals surface area contributed by atoms with Gasteiger partial charge in [0.2, 0.25) is 17.7 Å². The average molecular weight is 534 g/mol. The lowest BCUT2D eigenvalue weighted by Gasteiger charge is -2.18. The number of hydrogen-bond acceptors (Lipinski definition) is 6. The fourth-order valence-electron chi connectivity index (χ4n) is 3.28. The summed E-state index contributed by atoms with van der Waals surface area (Å²) in [7, 11) is 5.96. The Morgan fingerprint density at radius 3 is 2.62 bits per heavy atom. The van der Waals surface area contributed by atoms with Gasteiger partial charge in [0.1, 0.15) is 5.75 Å². The number of amides is 1. The van der Waals surface area contributed by atoms with Crippen LogP contribution in [0.1, 0.15) is 17.5 Å². The second-order valence-electron chi connectivity index (χ2n) is 8.46. The third kappa shape index (κ3) is 8.76. The van der Waals surface area contributed by atoms with Gasteiger partial charge in [0, 0.05) is 37.6 Å². The van der Waals surface area contributed by atoms with E-state index in [0.717, 1.165) is 31.6 Å². The third-order valence-electron chi connectivity index (χ3n) is 5.10. The van der Waals surface area contributed by atoms with E-state index in [9.17, 15) is 18.0 Å². The van der Waals surface area contributed by atoms with Crippen LogP contribution < -0.4 is 15.0 Å². The first-order chi connectivity index (χ1) is 17.5. The Kier molecular flexibility index (Phi) is 9.48. The van der Waals surface area contributed by atoms with Crippen molar-refractivity contribution in [2.75, 3.05) is 44.4 Å². The second kappa shape index (κ2) is 12.6. The lowest BCUT2D eigenvalue weighted by molar-refractivity contribution is -0.137. The zero-order chi connectivity index (χ0) is 27.0. The molecule has 1 amide bonds. The molecule has 2 aromatic carbocycles. The van der Waals surface area contributed by atoms with Crippen LogP contribution >= 0.6 is 11.6 Å². The molecule has 0 radical (unpaired) electrons. The zero-order valence-corrected chi connectivity index (χ0v) is 21.3. The molecule has 0 saturated carbocycles. The maximum absolute atomic E-state index is 13.0. The highest BCUT2D eigenvalue weighted by atomic mass is 35.5. The van der Waals surface area contributed by atoms with Gasteiger partial charge in [-0.1, -0.05) is 23.7 Å². The van der Waals surface area contributed by atoms with Gasteiger partial charge >= 0.3 is 6.18 Å². The SMILES string of the molecule is CN(C)CCCN(C)c1nccc(Oc2cccc(C=CC(=O)Nc3ccc(Cl)c(C(F)(F)F)c3)c2)n1. The average Bonchev–Trinajstić information content (AvgIpc) is 2.83. The number of benzene rings is 2. The molecule has 0 spiro atoms. The number of rotatable bonds is 10. The van der Waals surface area contributed by atoms with Crippen LogP contribution in [0.2, 0.25) is 5.02 Å². The van der Waals surface area contributed by atoms with E-state index in [0.29, 0.717) is 23.1 Å². The molecule has 1 N–H and O–H groups in total. The number of carbonyl (C=O) groups excluding carboxylic acids is 1. The van der Waals surface area contributed by atoms with Gasteiger partial charge < -0.3 is 19.9 Å². The number of nitrogens with one attached hydrogen (secondary N) is 1. The van der Waals surface area contributed by atoms with Crippen molar-refractivity contribution in [2.24, 2.45) is 0 Å². The maximum atomic E-state index is 13.0. The lowest BCUT2D eigenvalue weighted by atomic mass is 10.2. The van der Waals surface area contributed by atoms with Crippen molar-refractivity contribution in [2.45, 2.75) is 12.6 Å². The number of halogens is 4. The summed E-state index contributed by atoms with van der Waals surface area (Å²) in [6.45, 7) is 1.74. The van der Waals surface area contributed by atoms with Crippen LogP contribution in [0.5, 0.6) is 11.6 Å². The van der Waals surface area contributed by atoms with Crippen LogP contribution in [0.3, 0.4) is 0 Å². The number of ether oxygens (including phenoxy) is 1. The Bertz CT molecular complexity index is 1250. The molecule has 3 aromatic rings. The monoisotopic (exact) mass is 533 g/mol. The molecule has 11 heteroatoms. The summed E-state index contributed by atoms with van der Waals surface area (Å²) in [6.07, 6.45) is 0.690. The van der Waals surface area contributed by atoms with E-state index in [1.54, 1.807) is 36.5 Å². The number of anilines is 2. The number of nitrogens with zero attached hydrogens (tertiary/aromatic N) is 4. The summed E-state index contributed by atoms with van der Waals surface area (Å²) in [4.78, 5) is 25.1. The van der Waals surface area contributed by atoms with Crippen molar-refractivity contribution in [3.8, 4) is 11.6 Å². The smallest absolute Gasteiger partial charge is 0.417 e. The normalized spacial score (nSPS) is 11.7. The van der Waals surface area contributed by atoms with Crippen molar-refractivity contribution < 1.29 is 22.7 Å². The number of aromatic nitrogens is 2. The van der Waals surface area contributed by atoms with Crippen LogP contribution in [-0.4, -0.2) is 55.0 Å². The van der Waals surface area contributed by atoms with E-state index in [1.807, 2.05) is 26.0 Å². The molecular weight excluding hydrogens is 507 g/mol. The zero-order valence-electron chi connectivity index (χ0n) is 20.6. The Balaban J connectivity index is 1.63. The van der Waals surface area contributed by atoms with Crippen molar-refractivity contribution in [1.82, 2.24) is 14.9 Å². The van der Waals surface area contributed by atoms with Crippen LogP contribution in [0.15, 0.2) is 60.8 Å². The first-order valence-electron chi connectivity index (χ1n) is 11.3. The molecule has 0 aliphatic carbocycles. The quantitative estimate of drug-likeness (QED) is 0.323. The predicted molar refractivity (Wildman–Crippen MR) is 139 cm³/mol. The second-order valence-corrected chi connectivity index (χ2v) is 8.87. The molecule has 0 saturated heterocycles. The van der Waals surface area contributed by atoms with Gasteiger partial charge in [-0.3, -0.25) is 4.79 Å². The standard InChI is InChI=1S/C26H27ClF3N5O2/c1-34(2)14-5-15-35(3)25-31-13-12-24(33-25)37-20-7-4-6-18(16-20)8-11-23(36)32-19-9-10-22(27)21(17-19)26(28,29)30/h4,6-13,16-17H,5,14-15H2,1-3H3,(H,32,36). The minimum absolute atomic E-state index is 0.0188. The Labute approximate surface area is 218 Å². The first-order valence-corrected chi connectivity index (χ1v) is 11.7. The molecule has 196 valence electrons. The van der Waals surface area contributed by atoms with Crippen LogP contribution in [0, 0.1) is 0 Å². The van der Waals surface area contributed by atoms with E-state index in [1.165, 1.54) is 18.2 Å². The Morgan fingerprint density at radius 2 is 1.89 bits per heavy atom. The molecular formula is C26H27ClF3N5O2. The summed E-state index contributed by atoms with van der Waals surface area (Å²) in [5, 5.41) is 1.96. The molecule has 1 aromatic heterocycles. The van der Waals surface area contributed by atoms with E-state index in [2.05, 4.69) is 20.2 Å². The fourth-order valence-corrected chi connectivity index (χ4v) is 3.50. The van der Waals surface area contributed by atoms with Gasteiger partial charge in [0.25, 0.3) is 0 Å². The molecule has 1 heterocycles. The third-order valence-corrected chi connectivity index (χ3v) is 5.43. The number of alkyl halides is 3. The van der Waals surface area contributed by atoms with Gasteiger partial charge in [-0.2, -0.15) is 18.2 Å². The van der Waals surface area contributed by atoms with Crippen molar-refractivity contribution in [3.05, 3.63) is 77.0 Å². The summed E-state index contributed by atoms with van der Waals surface area (Å²) >= 11 is 5.62. The maximum Gasteiger partial charge on any atom is 0.417 e. The Morgan fingerprint density at radius 1 is 1.11 bits per heavy atom. The van der Waals surface area contributed by atoms with Crippen LogP contribution in [0.4, 0.5) is 24.8 Å². The molecule has 0 aliphatic rings. The van der Waals surface area contributed by atoms with Gasteiger partial charge in [0.05, 0.1) is 10.6 Å². The lowest BCUT2D eigenvalue weighted by Crippen LogP contribution is -2.24. The van der Waals surface area contributed by atoms with E-state index in [4.69, 9.17) is 16.3 Å². The minimum Gasteiger partial charge on any atom is -0.439 e. The molecule has 0 bridgehead atoms. The number of hydrogen-bond donors (Lipinski definition) is 1. The minimum atomic E-state index is -4.62. The predicted octanol–water partition coefficient (Wildman–Crippen LogP) is 5.98. The highest BCUT2D eigenvalue weighted by molar-refractivity contribution is 6.31. The topological polar surface area (TPSA) is 70.6 Å². The van der Waals surface area contributed by atoms with Gasteiger partial charge in [0.15, 0.2) is 0 Å². The summed E-state index contributed by atoms with van der Waals surface area (Å²) in [5.41, 5.74) is -0.391. The van der Waals surface area contributed by atoms with Gasteiger partial charge in [-0.05, 0) is 69.0 Å². The van der Waals surface area contributed by atoms with E-state index < -0.39 is 22.7 Å². The van der Waals surface area contributed by atoms with Gasteiger partial charge in [-0.25, -0.2) is 4.98 Å². The van der Waals surface area contributed by atoms with Crippen molar-refractivity contribution in [3.63, 3.8) is 0 Å². The molecule has 7 nitrogen and oxygen atoms in total. The fraction of sp³-hybridized carbons (Fsp3) is 0.269. The highest BCUT2D eigenvalue weighted by Gasteiger charge is 2.33. The Hall–Kier alpha value is -3.63. The van der Waals surface area contributed by atoms with Crippen molar-refractivity contribution in [1.29, 1.82) is 0 Å². The largest absolute Gasteiger partial charge is 0.439 e. The van der Waals surface area contributed by atoms with Crippen LogP contribution in [0.25, 0.3) is 6.08 Å². The summed E-state index contributed by atoms with van der Waals surface area (Å²) in [5.74, 6) is 0.806. The molecule has 3 rings (SSSR count). The molecule has 0 aliphatic heterocycles. The van der Waals surface area contributed by atoms with E-state index >= 15 is 0 Å². The summed E-state index contributed by atoms with van der Waals surface area (Å²) in [6, 6.07) is 11.8. The van der Waals surface area contributed by atoms with Gasteiger partial charge in [-0.15, -0.1) is 0 Å². The molecule has 0 fully saturated rings. The van der Waals surface area contributed by atoms with E-state index in [-0.39, 0.29) is 5.69 Å². The first kappa shape index (κ1) is 27.9. The summed E-state index contributed by atoms with van der Waals surface area (Å²) < 4.78 is 45.0. The number of carbonyl (C=O) groups is 1.